The molecule has 1 aliphatic carbocycles. The van der Waals surface area contributed by atoms with Gasteiger partial charge in [0.15, 0.2) is 0 Å². The van der Waals surface area contributed by atoms with E-state index in [4.69, 9.17) is 0 Å². The van der Waals surface area contributed by atoms with Gasteiger partial charge in [-0.25, -0.2) is 4.79 Å². The number of aryl methyl sites for hydroxylation is 2. The molecule has 0 spiro atoms. The first-order chi connectivity index (χ1) is 11.5. The van der Waals surface area contributed by atoms with Crippen molar-refractivity contribution in [3.8, 4) is 0 Å². The monoisotopic (exact) mass is 331 g/mol. The van der Waals surface area contributed by atoms with Crippen LogP contribution in [0.15, 0.2) is 18.2 Å². The van der Waals surface area contributed by atoms with Crippen molar-refractivity contribution in [3.05, 3.63) is 34.9 Å². The van der Waals surface area contributed by atoms with Gasteiger partial charge in [0.25, 0.3) is 0 Å². The summed E-state index contributed by atoms with van der Waals surface area (Å²) in [5.41, 5.74) is 4.14. The Morgan fingerprint density at radius 1 is 1.21 bits per heavy atom. The van der Waals surface area contributed by atoms with Gasteiger partial charge in [0.05, 0.1) is 6.04 Å². The van der Waals surface area contributed by atoms with E-state index in [9.17, 15) is 4.79 Å². The number of hydrogen-bond acceptors (Lipinski definition) is 2. The number of rotatable bonds is 7. The minimum absolute atomic E-state index is 0.0320. The van der Waals surface area contributed by atoms with E-state index >= 15 is 0 Å². The molecule has 0 bridgehead atoms. The van der Waals surface area contributed by atoms with Gasteiger partial charge in [-0.15, -0.1) is 0 Å². The Morgan fingerprint density at radius 2 is 1.92 bits per heavy atom. The van der Waals surface area contributed by atoms with Gasteiger partial charge in [-0.05, 0) is 69.7 Å². The maximum absolute atomic E-state index is 12.1. The molecule has 0 fully saturated rings. The van der Waals surface area contributed by atoms with Crippen molar-refractivity contribution in [3.63, 3.8) is 0 Å². The average Bonchev–Trinajstić information content (AvgIpc) is 2.60. The molecule has 0 heterocycles. The van der Waals surface area contributed by atoms with Crippen LogP contribution in [0.2, 0.25) is 0 Å². The maximum atomic E-state index is 12.1. The number of nitrogens with one attached hydrogen (secondary N) is 2. The first-order valence-corrected chi connectivity index (χ1v) is 9.37. The van der Waals surface area contributed by atoms with Crippen LogP contribution < -0.4 is 10.6 Å². The van der Waals surface area contributed by atoms with Crippen LogP contribution in [0.5, 0.6) is 0 Å². The van der Waals surface area contributed by atoms with Crippen molar-refractivity contribution in [2.75, 3.05) is 20.1 Å². The first kappa shape index (κ1) is 18.8. The molecule has 0 aliphatic heterocycles. The van der Waals surface area contributed by atoms with Gasteiger partial charge in [-0.3, -0.25) is 0 Å². The van der Waals surface area contributed by atoms with Crippen LogP contribution in [0.4, 0.5) is 4.79 Å². The summed E-state index contributed by atoms with van der Waals surface area (Å²) in [7, 11) is 2.10. The lowest BCUT2D eigenvalue weighted by atomic mass is 9.89. The van der Waals surface area contributed by atoms with Crippen LogP contribution in [0.1, 0.15) is 62.8 Å². The standard InChI is InChI=1S/C20H33N3O/c1-5-15(2)23(4)13-12-21-20(24)22-16(3)18-11-10-17-8-6-7-9-19(17)14-18/h10-11,14-16H,5-9,12-13H2,1-4H3,(H2,21,22,24). The summed E-state index contributed by atoms with van der Waals surface area (Å²) < 4.78 is 0. The first-order valence-electron chi connectivity index (χ1n) is 9.37. The summed E-state index contributed by atoms with van der Waals surface area (Å²) >= 11 is 0. The van der Waals surface area contributed by atoms with E-state index in [1.165, 1.54) is 42.4 Å². The van der Waals surface area contributed by atoms with Gasteiger partial charge in [-0.2, -0.15) is 0 Å². The molecule has 1 aromatic carbocycles. The minimum Gasteiger partial charge on any atom is -0.337 e. The Kier molecular flexibility index (Phi) is 7.10. The molecule has 2 atom stereocenters. The van der Waals surface area contributed by atoms with Crippen molar-refractivity contribution in [2.24, 2.45) is 0 Å². The van der Waals surface area contributed by atoms with Crippen molar-refractivity contribution < 1.29 is 4.79 Å². The minimum atomic E-state index is -0.0854. The maximum Gasteiger partial charge on any atom is 0.315 e. The van der Waals surface area contributed by atoms with Crippen LogP contribution in [0, 0.1) is 0 Å². The highest BCUT2D eigenvalue weighted by molar-refractivity contribution is 5.74. The fourth-order valence-corrected chi connectivity index (χ4v) is 3.23. The molecular weight excluding hydrogens is 298 g/mol. The largest absolute Gasteiger partial charge is 0.337 e. The number of carbonyl (C=O) groups is 1. The predicted molar refractivity (Wildman–Crippen MR) is 100 cm³/mol. The van der Waals surface area contributed by atoms with Gasteiger partial charge in [-0.1, -0.05) is 25.1 Å². The zero-order valence-corrected chi connectivity index (χ0v) is 15.7. The second-order valence-corrected chi connectivity index (χ2v) is 7.10. The molecule has 0 aromatic heterocycles. The van der Waals surface area contributed by atoms with Crippen molar-refractivity contribution in [1.29, 1.82) is 0 Å². The molecule has 4 heteroatoms. The molecule has 0 saturated heterocycles. The second-order valence-electron chi connectivity index (χ2n) is 7.10. The third kappa shape index (κ3) is 5.23. The molecule has 2 rings (SSSR count). The molecule has 2 amide bonds. The van der Waals surface area contributed by atoms with Gasteiger partial charge in [0.2, 0.25) is 0 Å². The van der Waals surface area contributed by atoms with E-state index in [1.54, 1.807) is 0 Å². The third-order valence-electron chi connectivity index (χ3n) is 5.31. The fraction of sp³-hybridized carbons (Fsp3) is 0.650. The highest BCUT2D eigenvalue weighted by Gasteiger charge is 2.14. The topological polar surface area (TPSA) is 44.4 Å². The molecule has 4 nitrogen and oxygen atoms in total. The van der Waals surface area contributed by atoms with E-state index in [-0.39, 0.29) is 12.1 Å². The number of urea groups is 1. The van der Waals surface area contributed by atoms with Crippen molar-refractivity contribution in [1.82, 2.24) is 15.5 Å². The smallest absolute Gasteiger partial charge is 0.315 e. The number of hydrogen-bond donors (Lipinski definition) is 2. The van der Waals surface area contributed by atoms with Gasteiger partial charge < -0.3 is 15.5 Å². The van der Waals surface area contributed by atoms with Crippen molar-refractivity contribution >= 4 is 6.03 Å². The zero-order chi connectivity index (χ0) is 17.5. The van der Waals surface area contributed by atoms with E-state index in [2.05, 4.69) is 61.6 Å². The number of benzene rings is 1. The van der Waals surface area contributed by atoms with Crippen LogP contribution >= 0.6 is 0 Å². The van der Waals surface area contributed by atoms with Crippen LogP contribution in [0.3, 0.4) is 0 Å². The SMILES string of the molecule is CCC(C)N(C)CCNC(=O)NC(C)c1ccc2c(c1)CCCC2. The van der Waals surface area contributed by atoms with E-state index in [0.29, 0.717) is 12.6 Å². The second kappa shape index (κ2) is 9.07. The van der Waals surface area contributed by atoms with Gasteiger partial charge in [0.1, 0.15) is 0 Å². The van der Waals surface area contributed by atoms with Crippen LogP contribution in [-0.4, -0.2) is 37.1 Å². The summed E-state index contributed by atoms with van der Waals surface area (Å²) in [6, 6.07) is 7.16. The molecule has 134 valence electrons. The van der Waals surface area contributed by atoms with Crippen molar-refractivity contribution in [2.45, 2.75) is 65.0 Å². The lowest BCUT2D eigenvalue weighted by Crippen LogP contribution is -2.42. The Morgan fingerprint density at radius 3 is 2.62 bits per heavy atom. The molecule has 24 heavy (non-hydrogen) atoms. The molecule has 2 unspecified atom stereocenters. The summed E-state index contributed by atoms with van der Waals surface area (Å²) in [6.45, 7) is 7.98. The fourth-order valence-electron chi connectivity index (χ4n) is 3.23. The Balaban J connectivity index is 1.79. The van der Waals surface area contributed by atoms with E-state index in [1.807, 2.05) is 0 Å². The summed E-state index contributed by atoms with van der Waals surface area (Å²) in [6.07, 6.45) is 6.07. The number of likely N-dealkylation sites (N-methyl/N-ethyl adjacent to an activating group) is 1. The van der Waals surface area contributed by atoms with E-state index in [0.717, 1.165) is 13.0 Å². The predicted octanol–water partition coefficient (Wildman–Crippen LogP) is 3.66. The lowest BCUT2D eigenvalue weighted by Gasteiger charge is -2.24. The van der Waals surface area contributed by atoms with Crippen LogP contribution in [0.25, 0.3) is 0 Å². The normalized spacial score (nSPS) is 16.4. The average molecular weight is 332 g/mol. The Bertz CT molecular complexity index is 544. The molecule has 2 N–H and O–H groups in total. The summed E-state index contributed by atoms with van der Waals surface area (Å²) in [4.78, 5) is 14.4. The number of nitrogens with zero attached hydrogens (tertiary/aromatic N) is 1. The zero-order valence-electron chi connectivity index (χ0n) is 15.7. The van der Waals surface area contributed by atoms with Gasteiger partial charge >= 0.3 is 6.03 Å². The summed E-state index contributed by atoms with van der Waals surface area (Å²) in [5.74, 6) is 0. The molecular formula is C20H33N3O. The van der Waals surface area contributed by atoms with E-state index < -0.39 is 0 Å². The quantitative estimate of drug-likeness (QED) is 0.801. The highest BCUT2D eigenvalue weighted by Crippen LogP contribution is 2.24. The third-order valence-corrected chi connectivity index (χ3v) is 5.31. The Hall–Kier alpha value is -1.55. The molecule has 1 aliphatic rings. The number of fused-ring (bicyclic) bond motifs is 1. The Labute approximate surface area is 147 Å². The highest BCUT2D eigenvalue weighted by atomic mass is 16.2. The van der Waals surface area contributed by atoms with Crippen LogP contribution in [-0.2, 0) is 12.8 Å². The molecule has 0 saturated carbocycles. The summed E-state index contributed by atoms with van der Waals surface area (Å²) in [5, 5.41) is 6.02. The lowest BCUT2D eigenvalue weighted by molar-refractivity contribution is 0.228. The van der Waals surface area contributed by atoms with Gasteiger partial charge in [0, 0.05) is 19.1 Å². The number of amides is 2. The molecule has 1 aromatic rings. The number of carbonyl (C=O) groups excluding carboxylic acids is 1. The molecule has 0 radical (unpaired) electrons.